The second kappa shape index (κ2) is 9.85. The van der Waals surface area contributed by atoms with Gasteiger partial charge in [-0.15, -0.1) is 12.4 Å². The Morgan fingerprint density at radius 3 is 2.41 bits per heavy atom. The maximum atomic E-state index is 5.92. The minimum atomic E-state index is 0. The molecule has 1 saturated carbocycles. The Balaban J connectivity index is 0.00000245. The highest BCUT2D eigenvalue weighted by atomic mass is 35.5. The first kappa shape index (κ1) is 22.5. The van der Waals surface area contributed by atoms with Gasteiger partial charge in [-0.1, -0.05) is 48.5 Å². The van der Waals surface area contributed by atoms with Crippen molar-refractivity contribution >= 4 is 12.4 Å². The summed E-state index contributed by atoms with van der Waals surface area (Å²) in [5, 5.41) is 3.88. The van der Waals surface area contributed by atoms with Crippen LogP contribution < -0.4 is 19.5 Å². The topological polar surface area (TPSA) is 39.7 Å². The van der Waals surface area contributed by atoms with Crippen LogP contribution in [-0.4, -0.2) is 20.3 Å². The van der Waals surface area contributed by atoms with Gasteiger partial charge in [-0.05, 0) is 54.2 Å². The molecule has 1 N–H and O–H groups in total. The molecule has 0 heterocycles. The largest absolute Gasteiger partial charge is 0.493 e. The number of benzene rings is 3. The Morgan fingerprint density at radius 2 is 1.69 bits per heavy atom. The molecular weight excluding hydrogens is 422 g/mol. The van der Waals surface area contributed by atoms with E-state index in [0.717, 1.165) is 30.1 Å². The van der Waals surface area contributed by atoms with Gasteiger partial charge in [-0.2, -0.15) is 0 Å². The first-order chi connectivity index (χ1) is 15.3. The second-order valence-corrected chi connectivity index (χ2v) is 8.42. The van der Waals surface area contributed by atoms with Crippen molar-refractivity contribution in [2.45, 2.75) is 43.9 Å². The molecule has 0 bridgehead atoms. The predicted molar refractivity (Wildman–Crippen MR) is 129 cm³/mol. The van der Waals surface area contributed by atoms with Crippen LogP contribution in [0.4, 0.5) is 0 Å². The molecule has 3 aromatic carbocycles. The standard InChI is InChI=1S/C27H29NO3.ClH/c1-29-26-15-13-21-22(27(26)30-2)12-14-24(21)28-25-16-23(25)19-8-10-20(11-9-19)31-17-18-6-4-3-5-7-18;/h3-11,13,15,23-25,28H,12,14,16-17H2,1-2H3;1H/t23-,24?,25+;/m0./s1. The number of fused-ring (bicyclic) bond motifs is 1. The lowest BCUT2D eigenvalue weighted by Crippen LogP contribution is -2.22. The van der Waals surface area contributed by atoms with Crippen molar-refractivity contribution in [3.63, 3.8) is 0 Å². The fourth-order valence-corrected chi connectivity index (χ4v) is 4.77. The summed E-state index contributed by atoms with van der Waals surface area (Å²) in [5.74, 6) is 3.21. The fourth-order valence-electron chi connectivity index (χ4n) is 4.77. The summed E-state index contributed by atoms with van der Waals surface area (Å²) < 4.78 is 17.0. The zero-order valence-corrected chi connectivity index (χ0v) is 19.4. The van der Waals surface area contributed by atoms with E-state index < -0.39 is 0 Å². The molecule has 0 saturated heterocycles. The van der Waals surface area contributed by atoms with Crippen molar-refractivity contribution < 1.29 is 14.2 Å². The van der Waals surface area contributed by atoms with Crippen molar-refractivity contribution in [3.8, 4) is 17.2 Å². The summed E-state index contributed by atoms with van der Waals surface area (Å²) in [5.41, 5.74) is 5.21. The predicted octanol–water partition coefficient (Wildman–Crippen LogP) is 5.84. The van der Waals surface area contributed by atoms with E-state index in [1.54, 1.807) is 14.2 Å². The smallest absolute Gasteiger partial charge is 0.164 e. The van der Waals surface area contributed by atoms with Gasteiger partial charge in [0.1, 0.15) is 12.4 Å². The first-order valence-corrected chi connectivity index (χ1v) is 11.0. The van der Waals surface area contributed by atoms with E-state index in [-0.39, 0.29) is 12.4 Å². The number of nitrogens with one attached hydrogen (secondary N) is 1. The van der Waals surface area contributed by atoms with Gasteiger partial charge >= 0.3 is 0 Å². The van der Waals surface area contributed by atoms with Crippen molar-refractivity contribution in [2.75, 3.05) is 14.2 Å². The van der Waals surface area contributed by atoms with Crippen molar-refractivity contribution in [1.82, 2.24) is 5.32 Å². The highest BCUT2D eigenvalue weighted by Crippen LogP contribution is 2.46. The number of rotatable bonds is 8. The van der Waals surface area contributed by atoms with E-state index in [9.17, 15) is 0 Å². The van der Waals surface area contributed by atoms with Crippen molar-refractivity contribution in [3.05, 3.63) is 89.0 Å². The molecule has 3 aromatic rings. The van der Waals surface area contributed by atoms with Crippen LogP contribution in [0.2, 0.25) is 0 Å². The Bertz CT molecular complexity index is 1040. The second-order valence-electron chi connectivity index (χ2n) is 8.42. The minimum absolute atomic E-state index is 0. The maximum absolute atomic E-state index is 5.92. The van der Waals surface area contributed by atoms with Crippen LogP contribution in [0.5, 0.6) is 17.2 Å². The van der Waals surface area contributed by atoms with E-state index in [2.05, 4.69) is 47.8 Å². The fraction of sp³-hybridized carbons (Fsp3) is 0.333. The van der Waals surface area contributed by atoms with Crippen LogP contribution in [0.1, 0.15) is 47.1 Å². The number of ether oxygens (including phenoxy) is 3. The minimum Gasteiger partial charge on any atom is -0.493 e. The number of hydrogen-bond acceptors (Lipinski definition) is 4. The van der Waals surface area contributed by atoms with Crippen LogP contribution in [0.15, 0.2) is 66.7 Å². The number of hydrogen-bond donors (Lipinski definition) is 1. The highest BCUT2D eigenvalue weighted by Gasteiger charge is 2.41. The van der Waals surface area contributed by atoms with Gasteiger partial charge in [-0.25, -0.2) is 0 Å². The lowest BCUT2D eigenvalue weighted by Gasteiger charge is -2.16. The Kier molecular flexibility index (Phi) is 6.92. The molecular formula is C27H30ClNO3. The van der Waals surface area contributed by atoms with Crippen molar-refractivity contribution in [1.29, 1.82) is 0 Å². The number of methoxy groups -OCH3 is 2. The van der Waals surface area contributed by atoms with E-state index >= 15 is 0 Å². The van der Waals surface area contributed by atoms with E-state index in [0.29, 0.717) is 24.6 Å². The average Bonchev–Trinajstić information content (AvgIpc) is 3.48. The molecule has 4 nitrogen and oxygen atoms in total. The van der Waals surface area contributed by atoms with Gasteiger partial charge in [0.25, 0.3) is 0 Å². The highest BCUT2D eigenvalue weighted by molar-refractivity contribution is 5.85. The van der Waals surface area contributed by atoms with Gasteiger partial charge in [-0.3, -0.25) is 0 Å². The van der Waals surface area contributed by atoms with E-state index in [4.69, 9.17) is 14.2 Å². The molecule has 1 fully saturated rings. The monoisotopic (exact) mass is 451 g/mol. The molecule has 0 radical (unpaired) electrons. The lowest BCUT2D eigenvalue weighted by molar-refractivity contribution is 0.306. The van der Waals surface area contributed by atoms with E-state index in [1.807, 2.05) is 24.3 Å². The zero-order valence-electron chi connectivity index (χ0n) is 18.5. The van der Waals surface area contributed by atoms with Gasteiger partial charge < -0.3 is 19.5 Å². The Hall–Kier alpha value is -2.69. The van der Waals surface area contributed by atoms with Gasteiger partial charge in [0.05, 0.1) is 14.2 Å². The molecule has 0 aliphatic heterocycles. The van der Waals surface area contributed by atoms with Crippen LogP contribution in [0.3, 0.4) is 0 Å². The first-order valence-electron chi connectivity index (χ1n) is 11.0. The van der Waals surface area contributed by atoms with Crippen LogP contribution in [-0.2, 0) is 13.0 Å². The van der Waals surface area contributed by atoms with Gasteiger partial charge in [0.15, 0.2) is 11.5 Å². The summed E-state index contributed by atoms with van der Waals surface area (Å²) in [6, 6.07) is 24.0. The molecule has 2 aliphatic carbocycles. The lowest BCUT2D eigenvalue weighted by atomic mass is 10.1. The third kappa shape index (κ3) is 4.57. The van der Waals surface area contributed by atoms with Crippen molar-refractivity contribution in [2.24, 2.45) is 0 Å². The molecule has 1 unspecified atom stereocenters. The van der Waals surface area contributed by atoms with Crippen LogP contribution in [0, 0.1) is 0 Å². The molecule has 168 valence electrons. The quantitative estimate of drug-likeness (QED) is 0.467. The molecule has 0 amide bonds. The molecule has 0 spiro atoms. The number of halogens is 1. The molecule has 5 rings (SSSR count). The third-order valence-electron chi connectivity index (χ3n) is 6.51. The Morgan fingerprint density at radius 1 is 0.906 bits per heavy atom. The summed E-state index contributed by atoms with van der Waals surface area (Å²) >= 11 is 0. The molecule has 32 heavy (non-hydrogen) atoms. The third-order valence-corrected chi connectivity index (χ3v) is 6.51. The summed E-state index contributed by atoms with van der Waals surface area (Å²) in [7, 11) is 3.42. The molecule has 3 atom stereocenters. The molecule has 5 heteroatoms. The SMILES string of the molecule is COc1ccc2c(c1OC)CCC2N[C@@H]1C[C@H]1c1ccc(OCc2ccccc2)cc1.Cl. The average molecular weight is 452 g/mol. The molecule has 2 aliphatic rings. The zero-order chi connectivity index (χ0) is 21.2. The normalized spacial score (nSPS) is 20.8. The van der Waals surface area contributed by atoms with E-state index in [1.165, 1.54) is 28.7 Å². The summed E-state index contributed by atoms with van der Waals surface area (Å²) in [6.07, 6.45) is 3.32. The summed E-state index contributed by atoms with van der Waals surface area (Å²) in [4.78, 5) is 0. The van der Waals surface area contributed by atoms with Gasteiger partial charge in [0, 0.05) is 23.6 Å². The maximum Gasteiger partial charge on any atom is 0.164 e. The van der Waals surface area contributed by atoms with Crippen LogP contribution in [0.25, 0.3) is 0 Å². The summed E-state index contributed by atoms with van der Waals surface area (Å²) in [6.45, 7) is 0.600. The van der Waals surface area contributed by atoms with Crippen LogP contribution >= 0.6 is 12.4 Å². The van der Waals surface area contributed by atoms with Gasteiger partial charge in [0.2, 0.25) is 0 Å². The Labute approximate surface area is 196 Å². The molecule has 0 aromatic heterocycles.